The Bertz CT molecular complexity index is 440. The van der Waals surface area contributed by atoms with Crippen molar-refractivity contribution < 1.29 is 14.3 Å². The summed E-state index contributed by atoms with van der Waals surface area (Å²) < 4.78 is 11.9. The van der Waals surface area contributed by atoms with Crippen molar-refractivity contribution in [1.29, 1.82) is 0 Å². The minimum atomic E-state index is -0.346. The highest BCUT2D eigenvalue weighted by atomic mass is 32.1. The van der Waals surface area contributed by atoms with Crippen molar-refractivity contribution in [3.8, 4) is 0 Å². The number of hydrogen-bond donors (Lipinski definition) is 1. The molecule has 4 nitrogen and oxygen atoms in total. The summed E-state index contributed by atoms with van der Waals surface area (Å²) in [7, 11) is 0. The molecule has 1 atom stereocenters. The summed E-state index contributed by atoms with van der Waals surface area (Å²) in [6.07, 6.45) is 6.07. The van der Waals surface area contributed by atoms with Gasteiger partial charge in [-0.15, -0.1) is 11.3 Å². The molecule has 1 amide bonds. The van der Waals surface area contributed by atoms with Crippen LogP contribution in [0, 0.1) is 0 Å². The van der Waals surface area contributed by atoms with E-state index in [0.29, 0.717) is 19.6 Å². The lowest BCUT2D eigenvalue weighted by Gasteiger charge is -2.31. The van der Waals surface area contributed by atoms with Gasteiger partial charge >= 0.3 is 0 Å². The number of amides is 1. The summed E-state index contributed by atoms with van der Waals surface area (Å²) in [4.78, 5) is 12.9. The summed E-state index contributed by atoms with van der Waals surface area (Å²) >= 11 is 1.61. The van der Waals surface area contributed by atoms with E-state index in [-0.39, 0.29) is 17.8 Å². The molecule has 110 valence electrons. The first-order valence-corrected chi connectivity index (χ1v) is 8.25. The Morgan fingerprint density at radius 2 is 2.25 bits per heavy atom. The number of rotatable bonds is 4. The van der Waals surface area contributed by atoms with Crippen LogP contribution in [0.3, 0.4) is 0 Å². The zero-order chi connectivity index (χ0) is 13.8. The predicted molar refractivity (Wildman–Crippen MR) is 77.7 cm³/mol. The molecule has 1 saturated heterocycles. The molecule has 1 spiro atoms. The summed E-state index contributed by atoms with van der Waals surface area (Å²) in [6, 6.07) is 3.95. The van der Waals surface area contributed by atoms with Crippen LogP contribution in [0.2, 0.25) is 0 Å². The Kier molecular flexibility index (Phi) is 4.38. The third kappa shape index (κ3) is 3.40. The van der Waals surface area contributed by atoms with Crippen LogP contribution in [-0.4, -0.2) is 30.9 Å². The summed E-state index contributed by atoms with van der Waals surface area (Å²) in [5, 5.41) is 4.94. The minimum absolute atomic E-state index is 0.000357. The lowest BCUT2D eigenvalue weighted by Crippen LogP contribution is -2.37. The molecule has 1 N–H and O–H groups in total. The molecule has 1 saturated carbocycles. The first-order valence-electron chi connectivity index (χ1n) is 7.37. The van der Waals surface area contributed by atoms with Gasteiger partial charge in [0, 0.05) is 24.3 Å². The topological polar surface area (TPSA) is 47.6 Å². The van der Waals surface area contributed by atoms with Gasteiger partial charge in [-0.3, -0.25) is 4.79 Å². The number of thiophene rings is 1. The van der Waals surface area contributed by atoms with Crippen molar-refractivity contribution >= 4 is 17.2 Å². The third-order valence-electron chi connectivity index (χ3n) is 3.97. The lowest BCUT2D eigenvalue weighted by molar-refractivity contribution is -0.186. The van der Waals surface area contributed by atoms with Crippen LogP contribution in [-0.2, 0) is 20.7 Å². The van der Waals surface area contributed by atoms with Crippen LogP contribution in [0.15, 0.2) is 17.5 Å². The van der Waals surface area contributed by atoms with Crippen molar-refractivity contribution in [2.75, 3.05) is 13.2 Å². The van der Waals surface area contributed by atoms with E-state index in [1.54, 1.807) is 11.3 Å². The van der Waals surface area contributed by atoms with Gasteiger partial charge in [0.25, 0.3) is 0 Å². The van der Waals surface area contributed by atoms with Crippen LogP contribution < -0.4 is 5.32 Å². The van der Waals surface area contributed by atoms with Crippen molar-refractivity contribution in [2.24, 2.45) is 0 Å². The summed E-state index contributed by atoms with van der Waals surface area (Å²) in [6.45, 7) is 1.14. The number of ether oxygens (including phenoxy) is 2. The van der Waals surface area contributed by atoms with Crippen LogP contribution in [0.5, 0.6) is 0 Å². The quantitative estimate of drug-likeness (QED) is 0.928. The fraction of sp³-hybridized carbons (Fsp3) is 0.667. The van der Waals surface area contributed by atoms with Crippen LogP contribution in [0.25, 0.3) is 0 Å². The molecule has 0 unspecified atom stereocenters. The van der Waals surface area contributed by atoms with Gasteiger partial charge in [0.2, 0.25) is 5.91 Å². The van der Waals surface area contributed by atoms with E-state index < -0.39 is 0 Å². The third-order valence-corrected chi connectivity index (χ3v) is 4.85. The Labute approximate surface area is 123 Å². The smallest absolute Gasteiger partial charge is 0.225 e. The Morgan fingerprint density at radius 1 is 1.40 bits per heavy atom. The number of nitrogens with one attached hydrogen (secondary N) is 1. The maximum absolute atomic E-state index is 11.8. The van der Waals surface area contributed by atoms with Gasteiger partial charge in [-0.05, 0) is 24.3 Å². The normalized spacial score (nSPS) is 24.9. The standard InChI is InChI=1S/C15H21NO3S/c17-14(9-13-5-4-8-20-13)16-10-12-11-18-15(19-12)6-2-1-3-7-15/h4-5,8,12H,1-3,6-7,9-11H2,(H,16,17)/t12-/m0/s1. The summed E-state index contributed by atoms with van der Waals surface area (Å²) in [5.74, 6) is -0.290. The fourth-order valence-electron chi connectivity index (χ4n) is 2.93. The van der Waals surface area contributed by atoms with Gasteiger partial charge in [0.05, 0.1) is 13.0 Å². The van der Waals surface area contributed by atoms with E-state index >= 15 is 0 Å². The monoisotopic (exact) mass is 295 g/mol. The molecule has 1 aromatic heterocycles. The molecular weight excluding hydrogens is 274 g/mol. The minimum Gasteiger partial charge on any atom is -0.353 e. The zero-order valence-electron chi connectivity index (χ0n) is 11.6. The van der Waals surface area contributed by atoms with Gasteiger partial charge in [-0.25, -0.2) is 0 Å². The lowest BCUT2D eigenvalue weighted by atomic mass is 9.94. The van der Waals surface area contributed by atoms with Gasteiger partial charge in [0.15, 0.2) is 5.79 Å². The highest BCUT2D eigenvalue weighted by molar-refractivity contribution is 7.10. The molecule has 3 rings (SSSR count). The largest absolute Gasteiger partial charge is 0.353 e. The molecule has 0 radical (unpaired) electrons. The van der Waals surface area contributed by atoms with Gasteiger partial charge in [-0.1, -0.05) is 12.5 Å². The van der Waals surface area contributed by atoms with E-state index in [2.05, 4.69) is 5.32 Å². The molecule has 20 heavy (non-hydrogen) atoms. The van der Waals surface area contributed by atoms with Crippen molar-refractivity contribution in [1.82, 2.24) is 5.32 Å². The second-order valence-electron chi connectivity index (χ2n) is 5.58. The number of carbonyl (C=O) groups excluding carboxylic acids is 1. The maximum atomic E-state index is 11.8. The molecule has 2 aliphatic rings. The molecular formula is C15H21NO3S. The predicted octanol–water partition coefficient (Wildman–Crippen LogP) is 2.48. The van der Waals surface area contributed by atoms with Crippen molar-refractivity contribution in [2.45, 2.75) is 50.4 Å². The van der Waals surface area contributed by atoms with Crippen LogP contribution >= 0.6 is 11.3 Å². The van der Waals surface area contributed by atoms with E-state index in [1.807, 2.05) is 17.5 Å². The second kappa shape index (κ2) is 6.24. The number of hydrogen-bond acceptors (Lipinski definition) is 4. The van der Waals surface area contributed by atoms with E-state index in [0.717, 1.165) is 17.7 Å². The molecule has 1 aliphatic heterocycles. The Balaban J connectivity index is 1.42. The summed E-state index contributed by atoms with van der Waals surface area (Å²) in [5.41, 5.74) is 0. The van der Waals surface area contributed by atoms with Gasteiger partial charge < -0.3 is 14.8 Å². The van der Waals surface area contributed by atoms with Crippen molar-refractivity contribution in [3.63, 3.8) is 0 Å². The number of carbonyl (C=O) groups is 1. The Morgan fingerprint density at radius 3 is 3.00 bits per heavy atom. The first kappa shape index (κ1) is 14.0. The molecule has 0 aromatic carbocycles. The second-order valence-corrected chi connectivity index (χ2v) is 6.61. The Hall–Kier alpha value is -0.910. The fourth-order valence-corrected chi connectivity index (χ4v) is 3.63. The van der Waals surface area contributed by atoms with Crippen LogP contribution in [0.4, 0.5) is 0 Å². The molecule has 1 aliphatic carbocycles. The van der Waals surface area contributed by atoms with E-state index in [9.17, 15) is 4.79 Å². The molecule has 2 heterocycles. The average molecular weight is 295 g/mol. The zero-order valence-corrected chi connectivity index (χ0v) is 12.4. The SMILES string of the molecule is O=C(Cc1cccs1)NC[C@H]1COC2(CCCCC2)O1. The highest BCUT2D eigenvalue weighted by Crippen LogP contribution is 2.37. The van der Waals surface area contributed by atoms with E-state index in [4.69, 9.17) is 9.47 Å². The van der Waals surface area contributed by atoms with Crippen molar-refractivity contribution in [3.05, 3.63) is 22.4 Å². The maximum Gasteiger partial charge on any atom is 0.225 e. The molecule has 1 aromatic rings. The van der Waals surface area contributed by atoms with Gasteiger partial charge in [0.1, 0.15) is 6.10 Å². The van der Waals surface area contributed by atoms with Crippen LogP contribution in [0.1, 0.15) is 37.0 Å². The first-order chi connectivity index (χ1) is 9.76. The highest BCUT2D eigenvalue weighted by Gasteiger charge is 2.42. The van der Waals surface area contributed by atoms with E-state index in [1.165, 1.54) is 19.3 Å². The molecule has 5 heteroatoms. The average Bonchev–Trinajstić information content (AvgIpc) is 3.08. The molecule has 0 bridgehead atoms. The van der Waals surface area contributed by atoms with Gasteiger partial charge in [-0.2, -0.15) is 0 Å². The molecule has 2 fully saturated rings.